The average molecular weight is 418 g/mol. The first-order valence-corrected chi connectivity index (χ1v) is 10.7. The molecule has 0 aliphatic heterocycles. The first kappa shape index (κ1) is 20.8. The number of aromatic nitrogens is 2. The largest absolute Gasteiger partial charge is 0.455 e. The zero-order valence-electron chi connectivity index (χ0n) is 17.9. The van der Waals surface area contributed by atoms with Gasteiger partial charge in [-0.2, -0.15) is 5.10 Å². The molecule has 0 radical (unpaired) electrons. The molecule has 0 saturated carbocycles. The number of nitrogens with one attached hydrogen (secondary N) is 1. The number of ether oxygens (including phenoxy) is 1. The number of amides is 1. The first-order valence-electron chi connectivity index (χ1n) is 10.7. The monoisotopic (exact) mass is 417 g/mol. The number of hydrogen-bond donors (Lipinski definition) is 1. The summed E-state index contributed by atoms with van der Waals surface area (Å²) in [6.07, 6.45) is 3.05. The van der Waals surface area contributed by atoms with Gasteiger partial charge in [0.25, 0.3) is 5.91 Å². The fourth-order valence-corrected chi connectivity index (χ4v) is 4.23. The van der Waals surface area contributed by atoms with Crippen LogP contribution in [0.2, 0.25) is 0 Å². The number of nitrogens with zero attached hydrogens (tertiary/aromatic N) is 2. The summed E-state index contributed by atoms with van der Waals surface area (Å²) < 4.78 is 7.10. The summed E-state index contributed by atoms with van der Waals surface area (Å²) >= 11 is 0. The summed E-state index contributed by atoms with van der Waals surface area (Å²) in [7, 11) is 0. The third-order valence-corrected chi connectivity index (χ3v) is 5.83. The Balaban J connectivity index is 1.34. The predicted molar refractivity (Wildman–Crippen MR) is 118 cm³/mol. The Morgan fingerprint density at radius 3 is 2.65 bits per heavy atom. The van der Waals surface area contributed by atoms with E-state index in [-0.39, 0.29) is 25.0 Å². The molecule has 31 heavy (non-hydrogen) atoms. The molecule has 1 aromatic heterocycles. The van der Waals surface area contributed by atoms with Crippen LogP contribution in [0.3, 0.4) is 0 Å². The van der Waals surface area contributed by atoms with Gasteiger partial charge in [0.15, 0.2) is 6.61 Å². The van der Waals surface area contributed by atoms with Crippen molar-refractivity contribution in [1.29, 1.82) is 0 Å². The number of benzene rings is 2. The lowest BCUT2D eigenvalue weighted by atomic mass is 9.88. The predicted octanol–water partition coefficient (Wildman–Crippen LogP) is 3.77. The lowest BCUT2D eigenvalue weighted by molar-refractivity contribution is -0.148. The smallest absolute Gasteiger partial charge is 0.310 e. The molecule has 1 amide bonds. The maximum Gasteiger partial charge on any atom is 0.310 e. The second-order valence-corrected chi connectivity index (χ2v) is 7.95. The van der Waals surface area contributed by atoms with Crippen molar-refractivity contribution >= 4 is 11.9 Å². The molecule has 1 heterocycles. The SMILES string of the molecule is Cc1nn(-c2ccccc2)c(C)c1CC(=O)OCC(=O)N[C@@H]1CCCc2ccccc21. The van der Waals surface area contributed by atoms with Gasteiger partial charge in [-0.25, -0.2) is 4.68 Å². The van der Waals surface area contributed by atoms with E-state index in [1.165, 1.54) is 5.56 Å². The van der Waals surface area contributed by atoms with Gasteiger partial charge in [-0.3, -0.25) is 9.59 Å². The Morgan fingerprint density at radius 2 is 1.84 bits per heavy atom. The molecule has 3 aromatic rings. The number of fused-ring (bicyclic) bond motifs is 1. The fraction of sp³-hybridized carbons (Fsp3) is 0.320. The molecular formula is C25H27N3O3. The normalized spacial score (nSPS) is 15.2. The van der Waals surface area contributed by atoms with E-state index in [1.54, 1.807) is 0 Å². The number of para-hydroxylation sites is 1. The second kappa shape index (κ2) is 9.16. The molecule has 1 aliphatic carbocycles. The Morgan fingerprint density at radius 1 is 1.10 bits per heavy atom. The molecule has 0 saturated heterocycles. The summed E-state index contributed by atoms with van der Waals surface area (Å²) in [6.45, 7) is 3.54. The summed E-state index contributed by atoms with van der Waals surface area (Å²) in [4.78, 5) is 24.8. The van der Waals surface area contributed by atoms with Crippen molar-refractivity contribution in [3.63, 3.8) is 0 Å². The molecule has 160 valence electrons. The highest BCUT2D eigenvalue weighted by molar-refractivity contribution is 5.81. The fourth-order valence-electron chi connectivity index (χ4n) is 4.23. The summed E-state index contributed by atoms with van der Waals surface area (Å²) in [5, 5.41) is 7.57. The average Bonchev–Trinajstić information content (AvgIpc) is 3.07. The van der Waals surface area contributed by atoms with E-state index < -0.39 is 5.97 Å². The van der Waals surface area contributed by atoms with Gasteiger partial charge in [0.05, 0.1) is 23.8 Å². The van der Waals surface area contributed by atoms with Crippen LogP contribution >= 0.6 is 0 Å². The Kier molecular flexibility index (Phi) is 6.16. The van der Waals surface area contributed by atoms with Gasteiger partial charge in [-0.05, 0) is 56.4 Å². The van der Waals surface area contributed by atoms with Gasteiger partial charge < -0.3 is 10.1 Å². The third kappa shape index (κ3) is 4.68. The highest BCUT2D eigenvalue weighted by Crippen LogP contribution is 2.29. The summed E-state index contributed by atoms with van der Waals surface area (Å²) in [6, 6.07) is 17.9. The van der Waals surface area contributed by atoms with Crippen LogP contribution in [0.15, 0.2) is 54.6 Å². The van der Waals surface area contributed by atoms with Crippen LogP contribution in [0.5, 0.6) is 0 Å². The molecule has 0 fully saturated rings. The molecule has 6 nitrogen and oxygen atoms in total. The summed E-state index contributed by atoms with van der Waals surface area (Å²) in [5.41, 5.74) is 5.88. The van der Waals surface area contributed by atoms with Crippen molar-refractivity contribution in [2.24, 2.45) is 0 Å². The second-order valence-electron chi connectivity index (χ2n) is 7.95. The molecule has 1 aliphatic rings. The van der Waals surface area contributed by atoms with Crippen molar-refractivity contribution in [2.75, 3.05) is 6.61 Å². The topological polar surface area (TPSA) is 73.2 Å². The van der Waals surface area contributed by atoms with E-state index in [0.29, 0.717) is 0 Å². The number of aryl methyl sites for hydroxylation is 2. The number of esters is 1. The van der Waals surface area contributed by atoms with Crippen LogP contribution in [0.1, 0.15) is 47.0 Å². The lowest BCUT2D eigenvalue weighted by Gasteiger charge is -2.26. The van der Waals surface area contributed by atoms with E-state index in [1.807, 2.05) is 61.0 Å². The molecule has 6 heteroatoms. The number of rotatable bonds is 6. The highest BCUT2D eigenvalue weighted by Gasteiger charge is 2.22. The van der Waals surface area contributed by atoms with E-state index in [2.05, 4.69) is 22.5 Å². The van der Waals surface area contributed by atoms with E-state index >= 15 is 0 Å². The van der Waals surface area contributed by atoms with Crippen LogP contribution in [0.25, 0.3) is 5.69 Å². The van der Waals surface area contributed by atoms with Gasteiger partial charge >= 0.3 is 5.97 Å². The van der Waals surface area contributed by atoms with Crippen molar-refractivity contribution in [1.82, 2.24) is 15.1 Å². The number of carbonyl (C=O) groups is 2. The molecule has 0 spiro atoms. The maximum absolute atomic E-state index is 12.4. The van der Waals surface area contributed by atoms with E-state index in [4.69, 9.17) is 4.74 Å². The molecule has 0 bridgehead atoms. The lowest BCUT2D eigenvalue weighted by Crippen LogP contribution is -2.34. The van der Waals surface area contributed by atoms with Gasteiger partial charge in [0, 0.05) is 11.3 Å². The van der Waals surface area contributed by atoms with Crippen molar-refractivity contribution in [3.8, 4) is 5.69 Å². The first-order chi connectivity index (χ1) is 15.0. The van der Waals surface area contributed by atoms with Crippen molar-refractivity contribution < 1.29 is 14.3 Å². The highest BCUT2D eigenvalue weighted by atomic mass is 16.5. The van der Waals surface area contributed by atoms with E-state index in [9.17, 15) is 9.59 Å². The van der Waals surface area contributed by atoms with Gasteiger partial charge in [-0.15, -0.1) is 0 Å². The standard InChI is InChI=1S/C25H27N3O3/c1-17-22(18(2)28(27-17)20-11-4-3-5-12-20)15-25(30)31-16-24(29)26-23-14-8-10-19-9-6-7-13-21(19)23/h3-7,9,11-13,23H,8,10,14-16H2,1-2H3,(H,26,29)/t23-/m1/s1. The van der Waals surface area contributed by atoms with Gasteiger partial charge in [-0.1, -0.05) is 42.5 Å². The quantitative estimate of drug-likeness (QED) is 0.620. The Bertz CT molecular complexity index is 1090. The van der Waals surface area contributed by atoms with E-state index in [0.717, 1.165) is 47.5 Å². The van der Waals surface area contributed by atoms with Crippen LogP contribution in [-0.2, 0) is 27.2 Å². The zero-order chi connectivity index (χ0) is 21.8. The van der Waals surface area contributed by atoms with Crippen LogP contribution < -0.4 is 5.32 Å². The Labute approximate surface area is 182 Å². The van der Waals surface area contributed by atoms with Crippen LogP contribution in [0, 0.1) is 13.8 Å². The number of carbonyl (C=O) groups excluding carboxylic acids is 2. The third-order valence-electron chi connectivity index (χ3n) is 5.83. The molecule has 4 rings (SSSR count). The van der Waals surface area contributed by atoms with Crippen molar-refractivity contribution in [2.45, 2.75) is 45.6 Å². The molecule has 2 aromatic carbocycles. The zero-order valence-corrected chi connectivity index (χ0v) is 17.9. The number of hydrogen-bond acceptors (Lipinski definition) is 4. The van der Waals surface area contributed by atoms with Gasteiger partial charge in [0.1, 0.15) is 0 Å². The van der Waals surface area contributed by atoms with Crippen molar-refractivity contribution in [3.05, 3.63) is 82.7 Å². The summed E-state index contributed by atoms with van der Waals surface area (Å²) in [5.74, 6) is -0.707. The van der Waals surface area contributed by atoms with Crippen LogP contribution in [-0.4, -0.2) is 28.3 Å². The molecule has 0 unspecified atom stereocenters. The minimum Gasteiger partial charge on any atom is -0.455 e. The minimum absolute atomic E-state index is 0.0234. The van der Waals surface area contributed by atoms with Crippen LogP contribution in [0.4, 0.5) is 0 Å². The molecular weight excluding hydrogens is 390 g/mol. The maximum atomic E-state index is 12.4. The molecule has 1 N–H and O–H groups in total. The Hall–Kier alpha value is -3.41. The van der Waals surface area contributed by atoms with Gasteiger partial charge in [0.2, 0.25) is 0 Å². The molecule has 1 atom stereocenters. The minimum atomic E-state index is -0.432.